The van der Waals surface area contributed by atoms with Gasteiger partial charge in [0.1, 0.15) is 0 Å². The number of aryl methyl sites for hydroxylation is 1. The number of aromatic amines is 1. The molecule has 0 saturated heterocycles. The second kappa shape index (κ2) is 7.74. The van der Waals surface area contributed by atoms with Crippen LogP contribution in [0.25, 0.3) is 10.9 Å². The molecule has 3 N–H and O–H groups in total. The van der Waals surface area contributed by atoms with E-state index in [4.69, 9.17) is 0 Å². The molecule has 1 heterocycles. The molecule has 0 spiro atoms. The molecule has 3 aromatic rings. The van der Waals surface area contributed by atoms with Gasteiger partial charge in [0.05, 0.1) is 5.52 Å². The minimum absolute atomic E-state index is 0.186. The lowest BCUT2D eigenvalue weighted by Crippen LogP contribution is -2.26. The summed E-state index contributed by atoms with van der Waals surface area (Å²) in [5.74, 6) is -0.394. The summed E-state index contributed by atoms with van der Waals surface area (Å²) >= 11 is 3.56. The Hall–Kier alpha value is -2.60. The molecule has 0 saturated carbocycles. The Kier molecular flexibility index (Phi) is 5.42. The normalized spacial score (nSPS) is 10.7. The third-order valence-electron chi connectivity index (χ3n) is 4.38. The minimum Gasteiger partial charge on any atom is -0.357 e. The average molecular weight is 414 g/mol. The molecule has 3 rings (SSSR count). The molecule has 134 valence electrons. The molecular weight excluding hydrogens is 394 g/mol. The maximum atomic E-state index is 12.4. The highest BCUT2D eigenvalue weighted by atomic mass is 79.9. The van der Waals surface area contributed by atoms with Gasteiger partial charge in [0.15, 0.2) is 0 Å². The first-order chi connectivity index (χ1) is 12.5. The third-order valence-corrected chi connectivity index (χ3v) is 5.04. The van der Waals surface area contributed by atoms with E-state index in [9.17, 15) is 9.59 Å². The van der Waals surface area contributed by atoms with Crippen molar-refractivity contribution in [3.63, 3.8) is 0 Å². The van der Waals surface area contributed by atoms with Gasteiger partial charge >= 0.3 is 0 Å². The van der Waals surface area contributed by atoms with Crippen LogP contribution in [-0.2, 0) is 6.42 Å². The molecule has 0 unspecified atom stereocenters. The van der Waals surface area contributed by atoms with Crippen molar-refractivity contribution in [1.29, 1.82) is 0 Å². The molecular formula is C20H20BrN3O2. The zero-order valence-corrected chi connectivity index (χ0v) is 16.2. The van der Waals surface area contributed by atoms with E-state index >= 15 is 0 Å². The van der Waals surface area contributed by atoms with E-state index in [0.29, 0.717) is 17.7 Å². The average Bonchev–Trinajstić information content (AvgIpc) is 2.98. The van der Waals surface area contributed by atoms with Crippen LogP contribution in [0.5, 0.6) is 0 Å². The number of amides is 2. The number of rotatable bonds is 5. The van der Waals surface area contributed by atoms with Crippen molar-refractivity contribution in [2.45, 2.75) is 13.3 Å². The monoisotopic (exact) mass is 413 g/mol. The molecule has 2 amide bonds. The quantitative estimate of drug-likeness (QED) is 0.597. The van der Waals surface area contributed by atoms with Crippen molar-refractivity contribution in [2.75, 3.05) is 13.6 Å². The molecule has 0 bridgehead atoms. The predicted molar refractivity (Wildman–Crippen MR) is 107 cm³/mol. The number of hydrogen-bond acceptors (Lipinski definition) is 2. The first kappa shape index (κ1) is 18.2. The maximum Gasteiger partial charge on any atom is 0.251 e. The predicted octanol–water partition coefficient (Wildman–Crippen LogP) is 3.57. The largest absolute Gasteiger partial charge is 0.357 e. The van der Waals surface area contributed by atoms with Crippen molar-refractivity contribution < 1.29 is 9.59 Å². The second-order valence-electron chi connectivity index (χ2n) is 6.06. The minimum atomic E-state index is -0.209. The second-order valence-corrected chi connectivity index (χ2v) is 6.91. The number of carbonyl (C=O) groups is 2. The zero-order chi connectivity index (χ0) is 18.7. The van der Waals surface area contributed by atoms with Crippen molar-refractivity contribution in [1.82, 2.24) is 15.6 Å². The van der Waals surface area contributed by atoms with Crippen molar-refractivity contribution >= 4 is 38.6 Å². The summed E-state index contributed by atoms with van der Waals surface area (Å²) in [5.41, 5.74) is 4.31. The molecule has 0 fully saturated rings. The van der Waals surface area contributed by atoms with E-state index in [-0.39, 0.29) is 11.8 Å². The van der Waals surface area contributed by atoms with Gasteiger partial charge in [-0.2, -0.15) is 0 Å². The number of fused-ring (bicyclic) bond motifs is 1. The highest BCUT2D eigenvalue weighted by molar-refractivity contribution is 9.10. The van der Waals surface area contributed by atoms with E-state index in [1.165, 1.54) is 5.56 Å². The van der Waals surface area contributed by atoms with Crippen LogP contribution in [0.3, 0.4) is 0 Å². The fourth-order valence-electron chi connectivity index (χ4n) is 3.04. The molecule has 0 radical (unpaired) electrons. The lowest BCUT2D eigenvalue weighted by molar-refractivity contribution is 0.0954. The SMILES string of the molecule is CNC(=O)c1cccc(C(=O)NCCc2c(C)[nH]c3c(Br)cccc23)c1. The van der Waals surface area contributed by atoms with Gasteiger partial charge in [-0.3, -0.25) is 9.59 Å². The van der Waals surface area contributed by atoms with E-state index in [2.05, 4.69) is 37.6 Å². The molecule has 0 aliphatic rings. The highest BCUT2D eigenvalue weighted by Gasteiger charge is 2.12. The van der Waals surface area contributed by atoms with Gasteiger partial charge in [0.25, 0.3) is 11.8 Å². The van der Waals surface area contributed by atoms with E-state index in [1.54, 1.807) is 31.3 Å². The fraction of sp³-hybridized carbons (Fsp3) is 0.200. The standard InChI is InChI=1S/C20H20BrN3O2/c1-12-15(16-7-4-8-17(21)18(16)24-12)9-10-23-20(26)14-6-3-5-13(11-14)19(25)22-2/h3-8,11,24H,9-10H2,1-2H3,(H,22,25)(H,23,26). The molecule has 0 atom stereocenters. The summed E-state index contributed by atoms with van der Waals surface area (Å²) in [6, 6.07) is 12.8. The Labute approximate surface area is 160 Å². The smallest absolute Gasteiger partial charge is 0.251 e. The Bertz CT molecular complexity index is 978. The summed E-state index contributed by atoms with van der Waals surface area (Å²) < 4.78 is 1.03. The molecule has 5 nitrogen and oxygen atoms in total. The fourth-order valence-corrected chi connectivity index (χ4v) is 3.50. The first-order valence-corrected chi connectivity index (χ1v) is 9.16. The van der Waals surface area contributed by atoms with Gasteiger partial charge in [0.2, 0.25) is 0 Å². The maximum absolute atomic E-state index is 12.4. The summed E-state index contributed by atoms with van der Waals surface area (Å²) in [7, 11) is 1.57. The number of H-pyrrole nitrogens is 1. The zero-order valence-electron chi connectivity index (χ0n) is 14.7. The molecule has 6 heteroatoms. The van der Waals surface area contributed by atoms with Crippen LogP contribution in [0.1, 0.15) is 32.0 Å². The van der Waals surface area contributed by atoms with E-state index in [0.717, 1.165) is 27.5 Å². The van der Waals surface area contributed by atoms with Crippen LogP contribution in [0.15, 0.2) is 46.9 Å². The number of hydrogen-bond donors (Lipinski definition) is 3. The summed E-state index contributed by atoms with van der Waals surface area (Å²) in [6.07, 6.45) is 0.725. The number of nitrogens with one attached hydrogen (secondary N) is 3. The van der Waals surface area contributed by atoms with Gasteiger partial charge < -0.3 is 15.6 Å². The third kappa shape index (κ3) is 3.65. The van der Waals surface area contributed by atoms with Crippen molar-refractivity contribution in [2.24, 2.45) is 0 Å². The van der Waals surface area contributed by atoms with Gasteiger partial charge in [-0.1, -0.05) is 18.2 Å². The Morgan fingerprint density at radius 3 is 2.50 bits per heavy atom. The summed E-state index contributed by atoms with van der Waals surface area (Å²) in [6.45, 7) is 2.56. The van der Waals surface area contributed by atoms with Gasteiger partial charge in [0, 0.05) is 40.3 Å². The molecule has 0 aliphatic heterocycles. The van der Waals surface area contributed by atoms with Gasteiger partial charge in [-0.05, 0) is 59.1 Å². The van der Waals surface area contributed by atoms with E-state index < -0.39 is 0 Å². The molecule has 0 aliphatic carbocycles. The number of halogens is 1. The van der Waals surface area contributed by atoms with Crippen molar-refractivity contribution in [3.8, 4) is 0 Å². The molecule has 2 aromatic carbocycles. The van der Waals surface area contributed by atoms with Crippen molar-refractivity contribution in [3.05, 3.63) is 69.3 Å². The Morgan fingerprint density at radius 2 is 1.77 bits per heavy atom. The van der Waals surface area contributed by atoms with Crippen LogP contribution in [0, 0.1) is 6.92 Å². The highest BCUT2D eigenvalue weighted by Crippen LogP contribution is 2.28. The molecule has 26 heavy (non-hydrogen) atoms. The Balaban J connectivity index is 1.69. The van der Waals surface area contributed by atoms with Crippen LogP contribution < -0.4 is 10.6 Å². The van der Waals surface area contributed by atoms with Gasteiger partial charge in [-0.25, -0.2) is 0 Å². The van der Waals surface area contributed by atoms with E-state index in [1.807, 2.05) is 19.1 Å². The topological polar surface area (TPSA) is 74.0 Å². The van der Waals surface area contributed by atoms with Crippen LogP contribution >= 0.6 is 15.9 Å². The number of benzene rings is 2. The lowest BCUT2D eigenvalue weighted by atomic mass is 10.1. The van der Waals surface area contributed by atoms with Crippen LogP contribution in [0.2, 0.25) is 0 Å². The number of para-hydroxylation sites is 1. The molecule has 1 aromatic heterocycles. The van der Waals surface area contributed by atoms with Crippen LogP contribution in [0.4, 0.5) is 0 Å². The lowest BCUT2D eigenvalue weighted by Gasteiger charge is -2.07. The summed E-state index contributed by atoms with van der Waals surface area (Å²) in [5, 5.41) is 6.65. The summed E-state index contributed by atoms with van der Waals surface area (Å²) in [4.78, 5) is 27.5. The first-order valence-electron chi connectivity index (χ1n) is 8.37. The van der Waals surface area contributed by atoms with Gasteiger partial charge in [-0.15, -0.1) is 0 Å². The van der Waals surface area contributed by atoms with Crippen LogP contribution in [-0.4, -0.2) is 30.4 Å². The number of aromatic nitrogens is 1. The number of carbonyl (C=O) groups excluding carboxylic acids is 2. The Morgan fingerprint density at radius 1 is 1.08 bits per heavy atom.